The Hall–Kier alpha value is -0.410. The van der Waals surface area contributed by atoms with Gasteiger partial charge in [-0.25, -0.2) is 4.39 Å². The summed E-state index contributed by atoms with van der Waals surface area (Å²) >= 11 is 3.42. The van der Waals surface area contributed by atoms with Crippen molar-refractivity contribution in [2.75, 3.05) is 13.1 Å². The minimum Gasteiger partial charge on any atom is -0.300 e. The summed E-state index contributed by atoms with van der Waals surface area (Å²) in [7, 11) is 0. The van der Waals surface area contributed by atoms with E-state index in [2.05, 4.69) is 34.7 Å². The summed E-state index contributed by atoms with van der Waals surface area (Å²) in [6.07, 6.45) is 0. The van der Waals surface area contributed by atoms with Crippen molar-refractivity contribution >= 4 is 15.9 Å². The molecule has 0 amide bonds. The van der Waals surface area contributed by atoms with Gasteiger partial charge in [0.1, 0.15) is 5.82 Å². The van der Waals surface area contributed by atoms with Crippen LogP contribution in [0.3, 0.4) is 0 Å². The smallest absolute Gasteiger partial charge is 0.123 e. The summed E-state index contributed by atoms with van der Waals surface area (Å²) < 4.78 is 13.9. The van der Waals surface area contributed by atoms with Crippen molar-refractivity contribution < 1.29 is 4.39 Å². The summed E-state index contributed by atoms with van der Waals surface area (Å²) in [4.78, 5) is 2.25. The zero-order valence-corrected chi connectivity index (χ0v) is 10.1. The Morgan fingerprint density at radius 3 is 2.50 bits per heavy atom. The van der Waals surface area contributed by atoms with Crippen LogP contribution in [0.4, 0.5) is 4.39 Å². The molecule has 0 unspecified atom stereocenters. The molecule has 0 spiro atoms. The maximum absolute atomic E-state index is 13.0. The van der Waals surface area contributed by atoms with E-state index in [4.69, 9.17) is 0 Å². The zero-order chi connectivity index (χ0) is 10.6. The minimum absolute atomic E-state index is 0.171. The van der Waals surface area contributed by atoms with Gasteiger partial charge in [0, 0.05) is 11.0 Å². The van der Waals surface area contributed by atoms with Gasteiger partial charge in [-0.15, -0.1) is 0 Å². The van der Waals surface area contributed by atoms with Crippen LogP contribution in [0.5, 0.6) is 0 Å². The Kier molecular flexibility index (Phi) is 4.55. The van der Waals surface area contributed by atoms with Crippen LogP contribution < -0.4 is 0 Å². The third-order valence-corrected chi connectivity index (χ3v) is 3.07. The van der Waals surface area contributed by atoms with Gasteiger partial charge in [-0.3, -0.25) is 4.90 Å². The van der Waals surface area contributed by atoms with Gasteiger partial charge in [0.25, 0.3) is 0 Å². The Bertz CT molecular complexity index is 297. The Morgan fingerprint density at radius 1 is 1.29 bits per heavy atom. The molecule has 0 atom stereocenters. The van der Waals surface area contributed by atoms with Gasteiger partial charge in [0.05, 0.1) is 0 Å². The van der Waals surface area contributed by atoms with Crippen molar-refractivity contribution in [3.63, 3.8) is 0 Å². The van der Waals surface area contributed by atoms with Crippen LogP contribution in [0.15, 0.2) is 22.7 Å². The zero-order valence-electron chi connectivity index (χ0n) is 8.56. The molecule has 0 saturated carbocycles. The van der Waals surface area contributed by atoms with Crippen LogP contribution in [0.25, 0.3) is 0 Å². The first-order valence-electron chi connectivity index (χ1n) is 4.83. The van der Waals surface area contributed by atoms with Crippen LogP contribution in [-0.4, -0.2) is 18.0 Å². The van der Waals surface area contributed by atoms with E-state index in [1.165, 1.54) is 6.07 Å². The third-order valence-electron chi connectivity index (χ3n) is 2.30. The molecule has 0 aromatic heterocycles. The number of nitrogens with zero attached hydrogens (tertiary/aromatic N) is 1. The van der Waals surface area contributed by atoms with Crippen molar-refractivity contribution in [3.8, 4) is 0 Å². The van der Waals surface area contributed by atoms with Gasteiger partial charge >= 0.3 is 0 Å². The molecule has 1 aromatic rings. The van der Waals surface area contributed by atoms with Crippen molar-refractivity contribution in [2.24, 2.45) is 0 Å². The lowest BCUT2D eigenvalue weighted by molar-refractivity contribution is 0.295. The van der Waals surface area contributed by atoms with Crippen molar-refractivity contribution in [1.29, 1.82) is 0 Å². The van der Waals surface area contributed by atoms with E-state index in [1.807, 2.05) is 0 Å². The Balaban J connectivity index is 2.79. The highest BCUT2D eigenvalue weighted by molar-refractivity contribution is 9.10. The highest BCUT2D eigenvalue weighted by Crippen LogP contribution is 2.19. The quantitative estimate of drug-likeness (QED) is 0.801. The fourth-order valence-electron chi connectivity index (χ4n) is 1.35. The van der Waals surface area contributed by atoms with E-state index in [9.17, 15) is 4.39 Å². The molecule has 0 radical (unpaired) electrons. The summed E-state index contributed by atoms with van der Waals surface area (Å²) in [5.41, 5.74) is 1.01. The first kappa shape index (κ1) is 11.7. The fourth-order valence-corrected chi connectivity index (χ4v) is 1.72. The third kappa shape index (κ3) is 3.07. The fraction of sp³-hybridized carbons (Fsp3) is 0.455. The summed E-state index contributed by atoms with van der Waals surface area (Å²) in [5.74, 6) is -0.171. The molecule has 0 heterocycles. The van der Waals surface area contributed by atoms with Gasteiger partial charge in [-0.05, 0) is 36.9 Å². The number of benzene rings is 1. The van der Waals surface area contributed by atoms with Crippen molar-refractivity contribution in [2.45, 2.75) is 20.4 Å². The van der Waals surface area contributed by atoms with Crippen LogP contribution in [0.2, 0.25) is 0 Å². The van der Waals surface area contributed by atoms with Crippen LogP contribution in [0.1, 0.15) is 19.4 Å². The largest absolute Gasteiger partial charge is 0.300 e. The highest BCUT2D eigenvalue weighted by Gasteiger charge is 2.05. The molecule has 0 aliphatic heterocycles. The maximum atomic E-state index is 13.0. The standard InChI is InChI=1S/C11H15BrFN/c1-3-14(4-2)8-9-7-10(13)5-6-11(9)12/h5-7H,3-4,8H2,1-2H3. The average Bonchev–Trinajstić information content (AvgIpc) is 2.19. The number of halogens is 2. The minimum atomic E-state index is -0.171. The number of hydrogen-bond acceptors (Lipinski definition) is 1. The van der Waals surface area contributed by atoms with Gasteiger partial charge in [0.15, 0.2) is 0 Å². The lowest BCUT2D eigenvalue weighted by atomic mass is 10.2. The van der Waals surface area contributed by atoms with Crippen LogP contribution in [-0.2, 0) is 6.54 Å². The topological polar surface area (TPSA) is 3.24 Å². The predicted octanol–water partition coefficient (Wildman–Crippen LogP) is 3.43. The average molecular weight is 260 g/mol. The number of rotatable bonds is 4. The first-order valence-corrected chi connectivity index (χ1v) is 5.63. The normalized spacial score (nSPS) is 10.9. The van der Waals surface area contributed by atoms with E-state index in [0.717, 1.165) is 29.7 Å². The predicted molar refractivity (Wildman–Crippen MR) is 60.7 cm³/mol. The van der Waals surface area contributed by atoms with Crippen molar-refractivity contribution in [3.05, 3.63) is 34.1 Å². The van der Waals surface area contributed by atoms with Gasteiger partial charge in [-0.2, -0.15) is 0 Å². The molecule has 0 aliphatic carbocycles. The molecular weight excluding hydrogens is 245 g/mol. The summed E-state index contributed by atoms with van der Waals surface area (Å²) in [6.45, 7) is 6.98. The van der Waals surface area contributed by atoms with Crippen LogP contribution in [0, 0.1) is 5.82 Å². The molecule has 0 saturated heterocycles. The SMILES string of the molecule is CCN(CC)Cc1cc(F)ccc1Br. The summed E-state index contributed by atoms with van der Waals surface area (Å²) in [5, 5.41) is 0. The second-order valence-corrected chi connectivity index (χ2v) is 4.05. The second-order valence-electron chi connectivity index (χ2n) is 3.20. The molecule has 1 aromatic carbocycles. The molecule has 0 aliphatic rings. The lowest BCUT2D eigenvalue weighted by Gasteiger charge is -2.18. The molecule has 0 bridgehead atoms. The molecular formula is C11H15BrFN. The molecule has 1 nitrogen and oxygen atoms in total. The Morgan fingerprint density at radius 2 is 1.93 bits per heavy atom. The lowest BCUT2D eigenvalue weighted by Crippen LogP contribution is -2.22. The second kappa shape index (κ2) is 5.47. The molecule has 78 valence electrons. The molecule has 0 fully saturated rings. The van der Waals surface area contributed by atoms with Crippen molar-refractivity contribution in [1.82, 2.24) is 4.90 Å². The van der Waals surface area contributed by atoms with E-state index < -0.39 is 0 Å². The van der Waals surface area contributed by atoms with Crippen LogP contribution >= 0.6 is 15.9 Å². The van der Waals surface area contributed by atoms with E-state index in [0.29, 0.717) is 0 Å². The van der Waals surface area contributed by atoms with E-state index >= 15 is 0 Å². The Labute approximate surface area is 93.0 Å². The number of hydrogen-bond donors (Lipinski definition) is 0. The summed E-state index contributed by atoms with van der Waals surface area (Å²) in [6, 6.07) is 4.81. The monoisotopic (exact) mass is 259 g/mol. The van der Waals surface area contributed by atoms with Gasteiger partial charge in [0.2, 0.25) is 0 Å². The molecule has 14 heavy (non-hydrogen) atoms. The molecule has 3 heteroatoms. The highest BCUT2D eigenvalue weighted by atomic mass is 79.9. The maximum Gasteiger partial charge on any atom is 0.123 e. The van der Waals surface area contributed by atoms with Gasteiger partial charge < -0.3 is 0 Å². The van der Waals surface area contributed by atoms with E-state index in [1.54, 1.807) is 12.1 Å². The van der Waals surface area contributed by atoms with Gasteiger partial charge in [-0.1, -0.05) is 29.8 Å². The van der Waals surface area contributed by atoms with E-state index in [-0.39, 0.29) is 5.82 Å². The molecule has 1 rings (SSSR count). The first-order chi connectivity index (χ1) is 6.67. The molecule has 0 N–H and O–H groups in total.